The zero-order valence-corrected chi connectivity index (χ0v) is 15.2. The third-order valence-electron chi connectivity index (χ3n) is 3.32. The van der Waals surface area contributed by atoms with E-state index in [1.165, 1.54) is 6.08 Å². The number of rotatable bonds is 9. The van der Waals surface area contributed by atoms with Crippen molar-refractivity contribution in [2.75, 3.05) is 13.2 Å². The highest BCUT2D eigenvalue weighted by Crippen LogP contribution is 2.18. The van der Waals surface area contributed by atoms with Crippen LogP contribution in [-0.4, -0.2) is 27.5 Å². The van der Waals surface area contributed by atoms with Crippen LogP contribution in [0, 0.1) is 0 Å². The summed E-state index contributed by atoms with van der Waals surface area (Å²) in [5, 5.41) is 1.01. The van der Waals surface area contributed by atoms with E-state index in [-0.39, 0.29) is 6.61 Å². The molecule has 0 saturated heterocycles. The highest BCUT2D eigenvalue weighted by atomic mass is 32.2. The number of benzene rings is 2. The van der Waals surface area contributed by atoms with Crippen LogP contribution in [-0.2, 0) is 26.2 Å². The molecule has 0 aliphatic heterocycles. The fourth-order valence-electron chi connectivity index (χ4n) is 2.07. The summed E-state index contributed by atoms with van der Waals surface area (Å²) in [5.41, 5.74) is 1.46. The number of carbonyl (C=O) groups excluding carboxylic acids is 1. The van der Waals surface area contributed by atoms with Gasteiger partial charge >= 0.3 is 5.97 Å². The lowest BCUT2D eigenvalue weighted by Gasteiger charge is -2.10. The molecule has 0 radical (unpaired) electrons. The quantitative estimate of drug-likeness (QED) is 0.682. The topological polar surface area (TPSA) is 81.7 Å². The fraction of sp³-hybridized carbons (Fsp3) is 0.211. The van der Waals surface area contributed by atoms with E-state index in [1.54, 1.807) is 36.4 Å². The molecular formula is C19H21NO5S. The van der Waals surface area contributed by atoms with Gasteiger partial charge in [-0.1, -0.05) is 48.5 Å². The van der Waals surface area contributed by atoms with Crippen LogP contribution in [0.15, 0.2) is 60.0 Å². The highest BCUT2D eigenvalue weighted by Gasteiger charge is 2.11. The molecular weight excluding hydrogens is 354 g/mol. The first kappa shape index (κ1) is 19.7. The number of carbonyl (C=O) groups is 1. The predicted octanol–water partition coefficient (Wildman–Crippen LogP) is 2.72. The van der Waals surface area contributed by atoms with Gasteiger partial charge in [0, 0.05) is 11.0 Å². The smallest absolute Gasteiger partial charge is 0.321 e. The van der Waals surface area contributed by atoms with E-state index in [0.717, 1.165) is 16.5 Å². The van der Waals surface area contributed by atoms with E-state index in [0.29, 0.717) is 12.4 Å². The third kappa shape index (κ3) is 6.70. The lowest BCUT2D eigenvalue weighted by Crippen LogP contribution is -2.29. The number of para-hydroxylation sites is 1. The molecule has 6 nitrogen and oxygen atoms in total. The van der Waals surface area contributed by atoms with Gasteiger partial charge in [-0.25, -0.2) is 13.1 Å². The van der Waals surface area contributed by atoms with Gasteiger partial charge in [0.05, 0.1) is 6.61 Å². The van der Waals surface area contributed by atoms with Gasteiger partial charge in [0.1, 0.15) is 18.9 Å². The molecule has 1 N–H and O–H groups in total. The van der Waals surface area contributed by atoms with Crippen LogP contribution in [0.5, 0.6) is 5.75 Å². The van der Waals surface area contributed by atoms with Crippen LogP contribution in [0.25, 0.3) is 6.08 Å². The molecule has 0 heterocycles. The number of hydrogen-bond donors (Lipinski definition) is 1. The Kier molecular flexibility index (Phi) is 7.37. The summed E-state index contributed by atoms with van der Waals surface area (Å²) in [6, 6.07) is 16.2. The minimum Gasteiger partial charge on any atom is -0.493 e. The minimum atomic E-state index is -3.73. The summed E-state index contributed by atoms with van der Waals surface area (Å²) < 4.78 is 36.5. The van der Waals surface area contributed by atoms with Gasteiger partial charge < -0.3 is 9.47 Å². The van der Waals surface area contributed by atoms with Crippen molar-refractivity contribution in [2.45, 2.75) is 13.5 Å². The van der Waals surface area contributed by atoms with Gasteiger partial charge in [0.15, 0.2) is 0 Å². The Morgan fingerprint density at radius 2 is 1.77 bits per heavy atom. The maximum atomic E-state index is 11.9. The van der Waals surface area contributed by atoms with Crippen molar-refractivity contribution in [3.63, 3.8) is 0 Å². The maximum absolute atomic E-state index is 11.9. The molecule has 0 saturated carbocycles. The van der Waals surface area contributed by atoms with Crippen molar-refractivity contribution in [3.8, 4) is 5.75 Å². The molecule has 2 rings (SSSR count). The Morgan fingerprint density at radius 1 is 1.08 bits per heavy atom. The van der Waals surface area contributed by atoms with E-state index in [1.807, 2.05) is 25.1 Å². The second kappa shape index (κ2) is 9.74. The first-order valence-electron chi connectivity index (χ1n) is 8.09. The number of esters is 1. The molecule has 0 aliphatic rings. The first-order valence-corrected chi connectivity index (χ1v) is 9.64. The van der Waals surface area contributed by atoms with Gasteiger partial charge in [-0.15, -0.1) is 0 Å². The molecule has 0 aliphatic carbocycles. The molecule has 0 amide bonds. The second-order valence-electron chi connectivity index (χ2n) is 5.28. The minimum absolute atomic E-state index is 0.0105. The van der Waals surface area contributed by atoms with E-state index in [2.05, 4.69) is 4.72 Å². The Morgan fingerprint density at radius 3 is 2.50 bits per heavy atom. The van der Waals surface area contributed by atoms with Crippen LogP contribution >= 0.6 is 0 Å². The van der Waals surface area contributed by atoms with Crippen molar-refractivity contribution in [2.24, 2.45) is 0 Å². The molecule has 138 valence electrons. The summed E-state index contributed by atoms with van der Waals surface area (Å²) in [6.45, 7) is 1.92. The van der Waals surface area contributed by atoms with Crippen LogP contribution < -0.4 is 9.46 Å². The van der Waals surface area contributed by atoms with Gasteiger partial charge in [-0.3, -0.25) is 4.79 Å². The van der Waals surface area contributed by atoms with Crippen LogP contribution in [0.3, 0.4) is 0 Å². The Hall–Kier alpha value is -2.64. The molecule has 0 spiro atoms. The number of sulfonamides is 1. The summed E-state index contributed by atoms with van der Waals surface area (Å²) in [4.78, 5) is 11.8. The summed E-state index contributed by atoms with van der Waals surface area (Å²) in [6.07, 6.45) is 1.45. The largest absolute Gasteiger partial charge is 0.493 e. The Balaban J connectivity index is 1.84. The van der Waals surface area contributed by atoms with Crippen LogP contribution in [0.2, 0.25) is 0 Å². The molecule has 0 bridgehead atoms. The average Bonchev–Trinajstić information content (AvgIpc) is 2.65. The molecule has 0 atom stereocenters. The zero-order chi connectivity index (χ0) is 18.8. The number of ether oxygens (including phenoxy) is 2. The van der Waals surface area contributed by atoms with Crippen molar-refractivity contribution < 1.29 is 22.7 Å². The van der Waals surface area contributed by atoms with Crippen molar-refractivity contribution in [1.29, 1.82) is 0 Å². The molecule has 7 heteroatoms. The fourth-order valence-corrected chi connectivity index (χ4v) is 2.82. The molecule has 0 aromatic heterocycles. The highest BCUT2D eigenvalue weighted by molar-refractivity contribution is 7.92. The van der Waals surface area contributed by atoms with Crippen molar-refractivity contribution in [1.82, 2.24) is 4.72 Å². The second-order valence-corrected chi connectivity index (χ2v) is 6.93. The molecule has 0 fully saturated rings. The molecule has 2 aromatic carbocycles. The van der Waals surface area contributed by atoms with Gasteiger partial charge in [-0.2, -0.15) is 0 Å². The normalized spacial score (nSPS) is 11.4. The zero-order valence-electron chi connectivity index (χ0n) is 14.4. The van der Waals surface area contributed by atoms with Crippen LogP contribution in [0.4, 0.5) is 0 Å². The molecule has 26 heavy (non-hydrogen) atoms. The maximum Gasteiger partial charge on any atom is 0.321 e. The van der Waals surface area contributed by atoms with E-state index >= 15 is 0 Å². The van der Waals surface area contributed by atoms with Gasteiger partial charge in [-0.05, 0) is 24.6 Å². The van der Waals surface area contributed by atoms with Gasteiger partial charge in [0.25, 0.3) is 0 Å². The summed E-state index contributed by atoms with van der Waals surface area (Å²) in [5.74, 6) is -0.0397. The summed E-state index contributed by atoms with van der Waals surface area (Å²) in [7, 11) is -3.73. The van der Waals surface area contributed by atoms with Gasteiger partial charge in [0.2, 0.25) is 10.0 Å². The standard InChI is InChI=1S/C19H21NO5S/c1-2-24-18-11-7-6-10-17(18)15-25-19(21)14-20-26(22,23)13-12-16-8-4-3-5-9-16/h3-13,20H,2,14-15H2,1H3/b13-12+. The average molecular weight is 375 g/mol. The van der Waals surface area contributed by atoms with E-state index in [9.17, 15) is 13.2 Å². The van der Waals surface area contributed by atoms with Crippen LogP contribution in [0.1, 0.15) is 18.1 Å². The number of nitrogens with one attached hydrogen (secondary N) is 1. The van der Waals surface area contributed by atoms with Crippen molar-refractivity contribution in [3.05, 3.63) is 71.1 Å². The Bertz CT molecular complexity index is 847. The predicted molar refractivity (Wildman–Crippen MR) is 99.8 cm³/mol. The lowest BCUT2D eigenvalue weighted by atomic mass is 10.2. The third-order valence-corrected chi connectivity index (χ3v) is 4.36. The van der Waals surface area contributed by atoms with E-state index in [4.69, 9.17) is 9.47 Å². The number of hydrogen-bond acceptors (Lipinski definition) is 5. The monoisotopic (exact) mass is 375 g/mol. The first-order chi connectivity index (χ1) is 12.5. The molecule has 0 unspecified atom stereocenters. The lowest BCUT2D eigenvalue weighted by molar-refractivity contribution is -0.143. The summed E-state index contributed by atoms with van der Waals surface area (Å²) >= 11 is 0. The SMILES string of the molecule is CCOc1ccccc1COC(=O)CNS(=O)(=O)/C=C/c1ccccc1. The molecule has 2 aromatic rings. The van der Waals surface area contributed by atoms with E-state index < -0.39 is 22.5 Å². The van der Waals surface area contributed by atoms with Crippen molar-refractivity contribution >= 4 is 22.1 Å². The Labute approximate surface area is 153 Å².